The average molecular weight is 275 g/mol. The van der Waals surface area contributed by atoms with Gasteiger partial charge in [0.25, 0.3) is 0 Å². The molecule has 0 radical (unpaired) electrons. The van der Waals surface area contributed by atoms with Crippen LogP contribution in [0, 0.1) is 17.1 Å². The van der Waals surface area contributed by atoms with Gasteiger partial charge in [-0.05, 0) is 29.8 Å². The predicted molar refractivity (Wildman–Crippen MR) is 68.3 cm³/mol. The van der Waals surface area contributed by atoms with Gasteiger partial charge in [-0.1, -0.05) is 17.7 Å². The van der Waals surface area contributed by atoms with Gasteiger partial charge in [-0.2, -0.15) is 5.26 Å². The maximum absolute atomic E-state index is 13.0. The fourth-order valence-corrected chi connectivity index (χ4v) is 1.96. The molecule has 1 aromatic carbocycles. The number of carbonyl (C=O) groups is 1. The molecule has 0 saturated carbocycles. The Morgan fingerprint density at radius 2 is 2.21 bits per heavy atom. The third kappa shape index (κ3) is 2.78. The molecule has 2 aromatic rings. The summed E-state index contributed by atoms with van der Waals surface area (Å²) in [5, 5.41) is 9.22. The minimum Gasteiger partial charge on any atom is -0.292 e. The van der Waals surface area contributed by atoms with Crippen LogP contribution in [0.2, 0.25) is 5.02 Å². The highest BCUT2D eigenvalue weighted by molar-refractivity contribution is 6.31. The minimum absolute atomic E-state index is 0.0591. The van der Waals surface area contributed by atoms with E-state index in [0.717, 1.165) is 6.07 Å². The summed E-state index contributed by atoms with van der Waals surface area (Å²) < 4.78 is 13.0. The lowest BCUT2D eigenvalue weighted by atomic mass is 9.92. The molecule has 0 aliphatic heterocycles. The molecule has 0 aliphatic rings. The lowest BCUT2D eigenvalue weighted by Crippen LogP contribution is -2.12. The Morgan fingerprint density at radius 1 is 1.42 bits per heavy atom. The van der Waals surface area contributed by atoms with Gasteiger partial charge in [0.05, 0.1) is 6.07 Å². The first-order valence-electron chi connectivity index (χ1n) is 5.42. The van der Waals surface area contributed by atoms with Crippen molar-refractivity contribution in [1.29, 1.82) is 5.26 Å². The van der Waals surface area contributed by atoms with Gasteiger partial charge in [-0.25, -0.2) is 4.39 Å². The average Bonchev–Trinajstić information content (AvgIpc) is 2.42. The lowest BCUT2D eigenvalue weighted by molar-refractivity contribution is 0.0978. The van der Waals surface area contributed by atoms with E-state index >= 15 is 0 Å². The number of benzene rings is 1. The van der Waals surface area contributed by atoms with Crippen molar-refractivity contribution < 1.29 is 9.18 Å². The van der Waals surface area contributed by atoms with E-state index in [0.29, 0.717) is 11.1 Å². The van der Waals surface area contributed by atoms with Crippen LogP contribution >= 0.6 is 11.6 Å². The van der Waals surface area contributed by atoms with Crippen molar-refractivity contribution in [3.8, 4) is 6.07 Å². The molecule has 0 aliphatic carbocycles. The Hall–Kier alpha value is -2.25. The van der Waals surface area contributed by atoms with Crippen LogP contribution in [0.15, 0.2) is 42.7 Å². The molecular formula is C14H8ClFN2O. The number of nitriles is 1. The zero-order valence-electron chi connectivity index (χ0n) is 9.68. The van der Waals surface area contributed by atoms with Gasteiger partial charge in [0.1, 0.15) is 11.7 Å². The molecule has 94 valence electrons. The molecule has 0 saturated heterocycles. The number of nitrogens with zero attached hydrogens (tertiary/aromatic N) is 2. The van der Waals surface area contributed by atoms with Crippen LogP contribution in [0.5, 0.6) is 0 Å². The van der Waals surface area contributed by atoms with Crippen molar-refractivity contribution in [3.63, 3.8) is 0 Å². The standard InChI is InChI=1S/C14H8ClFN2O/c15-13-6-10(16)3-4-11(13)12(7-17)14(19)9-2-1-5-18-8-9/h1-6,8,12H. The highest BCUT2D eigenvalue weighted by Crippen LogP contribution is 2.27. The molecule has 1 atom stereocenters. The SMILES string of the molecule is N#CC(C(=O)c1cccnc1)c1ccc(F)cc1Cl. The number of pyridine rings is 1. The van der Waals surface area contributed by atoms with Crippen molar-refractivity contribution in [1.82, 2.24) is 4.98 Å². The number of Topliss-reactive ketones (excluding diaryl/α,β-unsaturated/α-hetero) is 1. The number of hydrogen-bond acceptors (Lipinski definition) is 3. The Kier molecular flexibility index (Phi) is 3.88. The third-order valence-electron chi connectivity index (χ3n) is 2.61. The van der Waals surface area contributed by atoms with Crippen molar-refractivity contribution >= 4 is 17.4 Å². The number of rotatable bonds is 3. The fourth-order valence-electron chi connectivity index (χ4n) is 1.68. The van der Waals surface area contributed by atoms with Crippen LogP contribution in [0.1, 0.15) is 21.8 Å². The Labute approximate surface area is 114 Å². The van der Waals surface area contributed by atoms with Crippen LogP contribution in [-0.4, -0.2) is 10.8 Å². The molecule has 19 heavy (non-hydrogen) atoms. The molecule has 3 nitrogen and oxygen atoms in total. The molecule has 1 unspecified atom stereocenters. The molecule has 0 N–H and O–H groups in total. The summed E-state index contributed by atoms with van der Waals surface area (Å²) in [5.74, 6) is -2.00. The van der Waals surface area contributed by atoms with Crippen molar-refractivity contribution in [2.24, 2.45) is 0 Å². The lowest BCUT2D eigenvalue weighted by Gasteiger charge is -2.10. The second-order valence-electron chi connectivity index (χ2n) is 3.83. The first-order valence-corrected chi connectivity index (χ1v) is 5.80. The van der Waals surface area contributed by atoms with Crippen molar-refractivity contribution in [2.75, 3.05) is 0 Å². The summed E-state index contributed by atoms with van der Waals surface area (Å²) in [6.07, 6.45) is 2.91. The summed E-state index contributed by atoms with van der Waals surface area (Å²) in [4.78, 5) is 16.0. The predicted octanol–water partition coefficient (Wildman–Crippen LogP) is 3.36. The minimum atomic E-state index is -1.07. The Balaban J connectivity index is 2.41. The largest absolute Gasteiger partial charge is 0.292 e. The van der Waals surface area contributed by atoms with Crippen molar-refractivity contribution in [2.45, 2.75) is 5.92 Å². The normalized spacial score (nSPS) is 11.6. The fraction of sp³-hybridized carbons (Fsp3) is 0.0714. The number of carbonyl (C=O) groups excluding carboxylic acids is 1. The second kappa shape index (κ2) is 5.59. The van der Waals surface area contributed by atoms with E-state index < -0.39 is 17.5 Å². The maximum Gasteiger partial charge on any atom is 0.186 e. The number of aromatic nitrogens is 1. The van der Waals surface area contributed by atoms with Crippen LogP contribution in [-0.2, 0) is 0 Å². The van der Waals surface area contributed by atoms with Gasteiger partial charge in [-0.15, -0.1) is 0 Å². The van der Waals surface area contributed by atoms with Gasteiger partial charge < -0.3 is 0 Å². The van der Waals surface area contributed by atoms with E-state index in [1.54, 1.807) is 12.1 Å². The summed E-state index contributed by atoms with van der Waals surface area (Å²) in [5.41, 5.74) is 0.605. The van der Waals surface area contributed by atoms with E-state index in [1.165, 1.54) is 24.5 Å². The first kappa shape index (κ1) is 13.2. The number of hydrogen-bond donors (Lipinski definition) is 0. The number of ketones is 1. The van der Waals surface area contributed by atoms with Gasteiger partial charge in [0.2, 0.25) is 0 Å². The quantitative estimate of drug-likeness (QED) is 0.807. The molecule has 0 amide bonds. The molecule has 0 spiro atoms. The van der Waals surface area contributed by atoms with E-state index in [2.05, 4.69) is 4.98 Å². The van der Waals surface area contributed by atoms with Crippen LogP contribution in [0.4, 0.5) is 4.39 Å². The smallest absolute Gasteiger partial charge is 0.186 e. The molecule has 2 rings (SSSR count). The molecule has 1 aromatic heterocycles. The topological polar surface area (TPSA) is 53.8 Å². The molecule has 5 heteroatoms. The van der Waals surface area contributed by atoms with Crippen molar-refractivity contribution in [3.05, 3.63) is 64.7 Å². The van der Waals surface area contributed by atoms with E-state index in [-0.39, 0.29) is 5.02 Å². The third-order valence-corrected chi connectivity index (χ3v) is 2.94. The highest BCUT2D eigenvalue weighted by Gasteiger charge is 2.24. The molecule has 0 bridgehead atoms. The summed E-state index contributed by atoms with van der Waals surface area (Å²) in [6, 6.07) is 8.66. The van der Waals surface area contributed by atoms with Crippen LogP contribution in [0.25, 0.3) is 0 Å². The Bertz CT molecular complexity index is 652. The molecule has 1 heterocycles. The van der Waals surface area contributed by atoms with Crippen LogP contribution < -0.4 is 0 Å². The summed E-state index contributed by atoms with van der Waals surface area (Å²) in [7, 11) is 0. The van der Waals surface area contributed by atoms with E-state index in [1.807, 2.05) is 6.07 Å². The summed E-state index contributed by atoms with van der Waals surface area (Å²) in [6.45, 7) is 0. The number of halogens is 2. The summed E-state index contributed by atoms with van der Waals surface area (Å²) >= 11 is 5.88. The van der Waals surface area contributed by atoms with Gasteiger partial charge in [0.15, 0.2) is 5.78 Å². The van der Waals surface area contributed by atoms with E-state index in [4.69, 9.17) is 16.9 Å². The molecular weight excluding hydrogens is 267 g/mol. The zero-order valence-corrected chi connectivity index (χ0v) is 10.4. The second-order valence-corrected chi connectivity index (χ2v) is 4.24. The first-order chi connectivity index (χ1) is 9.13. The van der Waals surface area contributed by atoms with E-state index in [9.17, 15) is 9.18 Å². The van der Waals surface area contributed by atoms with Gasteiger partial charge in [0, 0.05) is 23.0 Å². The monoisotopic (exact) mass is 274 g/mol. The van der Waals surface area contributed by atoms with Gasteiger partial charge in [-0.3, -0.25) is 9.78 Å². The molecule has 0 fully saturated rings. The zero-order chi connectivity index (χ0) is 13.8. The van der Waals surface area contributed by atoms with Crippen LogP contribution in [0.3, 0.4) is 0 Å². The van der Waals surface area contributed by atoms with Gasteiger partial charge >= 0.3 is 0 Å². The maximum atomic E-state index is 13.0. The Morgan fingerprint density at radius 3 is 2.79 bits per heavy atom. The highest BCUT2D eigenvalue weighted by atomic mass is 35.5.